The van der Waals surface area contributed by atoms with E-state index in [2.05, 4.69) is 43.4 Å². The standard InChI is InChI=1S/C17H24N2O2/c1-5-8-18-14(4)16-9-12(2)6-7-17(16)20-11-15-10-13(3)19-21-15/h6-7,9-10,14,18H,5,8,11H2,1-4H3. The largest absolute Gasteiger partial charge is 0.485 e. The van der Waals surface area contributed by atoms with E-state index in [0.29, 0.717) is 6.61 Å². The van der Waals surface area contributed by atoms with Gasteiger partial charge in [0.05, 0.1) is 5.69 Å². The van der Waals surface area contributed by atoms with E-state index < -0.39 is 0 Å². The molecule has 0 aliphatic rings. The normalized spacial score (nSPS) is 12.4. The van der Waals surface area contributed by atoms with Gasteiger partial charge < -0.3 is 14.6 Å². The van der Waals surface area contributed by atoms with Gasteiger partial charge in [0.2, 0.25) is 0 Å². The summed E-state index contributed by atoms with van der Waals surface area (Å²) in [5.74, 6) is 1.64. The average Bonchev–Trinajstić information content (AvgIpc) is 2.89. The molecule has 0 spiro atoms. The molecule has 0 amide bonds. The summed E-state index contributed by atoms with van der Waals surface area (Å²) in [4.78, 5) is 0. The molecule has 0 aliphatic carbocycles. The summed E-state index contributed by atoms with van der Waals surface area (Å²) in [5.41, 5.74) is 3.29. The van der Waals surface area contributed by atoms with Crippen molar-refractivity contribution in [1.29, 1.82) is 0 Å². The summed E-state index contributed by atoms with van der Waals surface area (Å²) in [7, 11) is 0. The highest BCUT2D eigenvalue weighted by Crippen LogP contribution is 2.27. The lowest BCUT2D eigenvalue weighted by molar-refractivity contribution is 0.245. The predicted octanol–water partition coefficient (Wildman–Crippen LogP) is 3.93. The van der Waals surface area contributed by atoms with Gasteiger partial charge in [0, 0.05) is 17.7 Å². The van der Waals surface area contributed by atoms with Gasteiger partial charge in [-0.05, 0) is 39.8 Å². The lowest BCUT2D eigenvalue weighted by Gasteiger charge is -2.18. The number of ether oxygens (including phenoxy) is 1. The third-order valence-electron chi connectivity index (χ3n) is 3.38. The third kappa shape index (κ3) is 4.33. The van der Waals surface area contributed by atoms with Crippen LogP contribution in [-0.4, -0.2) is 11.7 Å². The minimum Gasteiger partial charge on any atom is -0.485 e. The van der Waals surface area contributed by atoms with Crippen LogP contribution in [0.25, 0.3) is 0 Å². The van der Waals surface area contributed by atoms with Crippen LogP contribution in [0.2, 0.25) is 0 Å². The van der Waals surface area contributed by atoms with Crippen LogP contribution in [0.1, 0.15) is 48.9 Å². The van der Waals surface area contributed by atoms with Crippen LogP contribution in [0.4, 0.5) is 0 Å². The summed E-state index contributed by atoms with van der Waals surface area (Å²) < 4.78 is 11.1. The summed E-state index contributed by atoms with van der Waals surface area (Å²) >= 11 is 0. The molecule has 21 heavy (non-hydrogen) atoms. The first-order valence-electron chi connectivity index (χ1n) is 7.49. The van der Waals surface area contributed by atoms with Gasteiger partial charge in [0.15, 0.2) is 5.76 Å². The molecule has 1 atom stereocenters. The molecule has 1 unspecified atom stereocenters. The van der Waals surface area contributed by atoms with Gasteiger partial charge >= 0.3 is 0 Å². The molecule has 2 aromatic rings. The van der Waals surface area contributed by atoms with Gasteiger partial charge in [-0.15, -0.1) is 0 Å². The first-order chi connectivity index (χ1) is 10.1. The van der Waals surface area contributed by atoms with Gasteiger partial charge in [-0.2, -0.15) is 0 Å². The average molecular weight is 288 g/mol. The molecule has 0 bridgehead atoms. The minimum atomic E-state index is 0.260. The predicted molar refractivity (Wildman–Crippen MR) is 83.5 cm³/mol. The Balaban J connectivity index is 2.10. The summed E-state index contributed by atoms with van der Waals surface area (Å²) in [6, 6.07) is 8.42. The van der Waals surface area contributed by atoms with E-state index in [0.717, 1.165) is 30.2 Å². The molecule has 0 aliphatic heterocycles. The van der Waals surface area contributed by atoms with Crippen LogP contribution in [-0.2, 0) is 6.61 Å². The Kier molecular flexibility index (Phi) is 5.39. The molecule has 0 saturated carbocycles. The van der Waals surface area contributed by atoms with E-state index in [1.54, 1.807) is 0 Å². The van der Waals surface area contributed by atoms with Gasteiger partial charge in [0.25, 0.3) is 0 Å². The molecule has 2 rings (SSSR count). The number of hydrogen-bond donors (Lipinski definition) is 1. The molecule has 0 saturated heterocycles. The maximum Gasteiger partial charge on any atom is 0.174 e. The number of nitrogens with one attached hydrogen (secondary N) is 1. The van der Waals surface area contributed by atoms with Crippen LogP contribution in [0.5, 0.6) is 5.75 Å². The number of aromatic nitrogens is 1. The number of hydrogen-bond acceptors (Lipinski definition) is 4. The number of rotatable bonds is 7. The second-order valence-corrected chi connectivity index (χ2v) is 5.44. The summed E-state index contributed by atoms with van der Waals surface area (Å²) in [6.07, 6.45) is 1.11. The summed E-state index contributed by atoms with van der Waals surface area (Å²) in [6.45, 7) is 9.73. The zero-order valence-electron chi connectivity index (χ0n) is 13.3. The van der Waals surface area contributed by atoms with Gasteiger partial charge in [0.1, 0.15) is 12.4 Å². The molecule has 4 heteroatoms. The van der Waals surface area contributed by atoms with Gasteiger partial charge in [-0.25, -0.2) is 0 Å². The molecule has 0 fully saturated rings. The van der Waals surface area contributed by atoms with Gasteiger partial charge in [-0.1, -0.05) is 29.8 Å². The first kappa shape index (κ1) is 15.6. The maximum absolute atomic E-state index is 5.92. The highest BCUT2D eigenvalue weighted by atomic mass is 16.5. The van der Waals surface area contributed by atoms with E-state index in [1.165, 1.54) is 11.1 Å². The van der Waals surface area contributed by atoms with Crippen molar-refractivity contribution >= 4 is 0 Å². The zero-order chi connectivity index (χ0) is 15.2. The number of nitrogens with zero attached hydrogens (tertiary/aromatic N) is 1. The Morgan fingerprint density at radius 2 is 2.10 bits per heavy atom. The molecule has 1 aromatic carbocycles. The van der Waals surface area contributed by atoms with E-state index in [-0.39, 0.29) is 6.04 Å². The topological polar surface area (TPSA) is 47.3 Å². The Bertz CT molecular complexity index is 578. The molecular formula is C17H24N2O2. The van der Waals surface area contributed by atoms with Crippen molar-refractivity contribution in [3.8, 4) is 5.75 Å². The Hall–Kier alpha value is -1.81. The van der Waals surface area contributed by atoms with E-state index in [4.69, 9.17) is 9.26 Å². The fraction of sp³-hybridized carbons (Fsp3) is 0.471. The second kappa shape index (κ2) is 7.27. The smallest absolute Gasteiger partial charge is 0.174 e. The van der Waals surface area contributed by atoms with Gasteiger partial charge in [-0.3, -0.25) is 0 Å². The Labute approximate surface area is 126 Å². The van der Waals surface area contributed by atoms with Crippen molar-refractivity contribution in [2.24, 2.45) is 0 Å². The van der Waals surface area contributed by atoms with Crippen LogP contribution in [0, 0.1) is 13.8 Å². The van der Waals surface area contributed by atoms with Crippen molar-refractivity contribution in [3.05, 3.63) is 46.8 Å². The van der Waals surface area contributed by atoms with Crippen molar-refractivity contribution in [2.45, 2.75) is 46.8 Å². The van der Waals surface area contributed by atoms with E-state index >= 15 is 0 Å². The molecule has 114 valence electrons. The first-order valence-corrected chi connectivity index (χ1v) is 7.49. The fourth-order valence-electron chi connectivity index (χ4n) is 2.24. The lowest BCUT2D eigenvalue weighted by atomic mass is 10.0. The van der Waals surface area contributed by atoms with Crippen molar-refractivity contribution in [1.82, 2.24) is 10.5 Å². The SMILES string of the molecule is CCCNC(C)c1cc(C)ccc1OCc1cc(C)no1. The van der Waals surface area contributed by atoms with E-state index in [1.807, 2.05) is 19.1 Å². The quantitative estimate of drug-likeness (QED) is 0.838. The highest BCUT2D eigenvalue weighted by Gasteiger charge is 2.12. The Morgan fingerprint density at radius 1 is 1.29 bits per heavy atom. The van der Waals surface area contributed by atoms with Crippen LogP contribution < -0.4 is 10.1 Å². The molecule has 1 heterocycles. The number of benzene rings is 1. The lowest BCUT2D eigenvalue weighted by Crippen LogP contribution is -2.20. The minimum absolute atomic E-state index is 0.260. The number of aryl methyl sites for hydroxylation is 2. The maximum atomic E-state index is 5.92. The van der Waals surface area contributed by atoms with Crippen molar-refractivity contribution in [2.75, 3.05) is 6.54 Å². The van der Waals surface area contributed by atoms with Crippen LogP contribution >= 0.6 is 0 Å². The monoisotopic (exact) mass is 288 g/mol. The van der Waals surface area contributed by atoms with Crippen LogP contribution in [0.15, 0.2) is 28.8 Å². The molecule has 4 nitrogen and oxygen atoms in total. The highest BCUT2D eigenvalue weighted by molar-refractivity contribution is 5.39. The second-order valence-electron chi connectivity index (χ2n) is 5.44. The van der Waals surface area contributed by atoms with E-state index in [9.17, 15) is 0 Å². The molecule has 1 aromatic heterocycles. The van der Waals surface area contributed by atoms with Crippen molar-refractivity contribution < 1.29 is 9.26 Å². The van der Waals surface area contributed by atoms with Crippen molar-refractivity contribution in [3.63, 3.8) is 0 Å². The third-order valence-corrected chi connectivity index (χ3v) is 3.38. The zero-order valence-corrected chi connectivity index (χ0v) is 13.3. The fourth-order valence-corrected chi connectivity index (χ4v) is 2.24. The Morgan fingerprint density at radius 3 is 2.76 bits per heavy atom. The molecule has 1 N–H and O–H groups in total. The molecule has 0 radical (unpaired) electrons. The summed E-state index contributed by atoms with van der Waals surface area (Å²) in [5, 5.41) is 7.38. The molecular weight excluding hydrogens is 264 g/mol. The van der Waals surface area contributed by atoms with Crippen LogP contribution in [0.3, 0.4) is 0 Å².